The van der Waals surface area contributed by atoms with Crippen molar-refractivity contribution in [3.05, 3.63) is 21.6 Å². The molecule has 0 fully saturated rings. The Balaban J connectivity index is 3.28. The van der Waals surface area contributed by atoms with Crippen LogP contribution in [-0.2, 0) is 0 Å². The lowest BCUT2D eigenvalue weighted by molar-refractivity contribution is 1.10. The van der Waals surface area contributed by atoms with E-state index in [0.717, 1.165) is 0 Å². The maximum atomic E-state index is 4.77. The standard InChI is InChI=1S/C4H3BrN2S/c5-4-6-2-1-3(8)7-4/h1-2H,(H,6,7,8). The minimum atomic E-state index is 0.671. The van der Waals surface area contributed by atoms with Crippen molar-refractivity contribution in [2.45, 2.75) is 0 Å². The summed E-state index contributed by atoms with van der Waals surface area (Å²) >= 11 is 7.90. The number of nitrogens with one attached hydrogen (secondary N) is 1. The molecule has 4 heteroatoms. The molecule has 1 rings (SSSR count). The van der Waals surface area contributed by atoms with Gasteiger partial charge in [-0.3, -0.25) is 0 Å². The van der Waals surface area contributed by atoms with Crippen LogP contribution in [0.1, 0.15) is 0 Å². The van der Waals surface area contributed by atoms with Crippen molar-refractivity contribution >= 4 is 28.1 Å². The first-order chi connectivity index (χ1) is 3.79. The quantitative estimate of drug-likeness (QED) is 0.501. The third kappa shape index (κ3) is 1.38. The first-order valence-corrected chi connectivity index (χ1v) is 3.20. The second-order valence-electron chi connectivity index (χ2n) is 1.22. The molecule has 0 spiro atoms. The highest BCUT2D eigenvalue weighted by atomic mass is 79.9. The molecular weight excluding hydrogens is 188 g/mol. The van der Waals surface area contributed by atoms with Crippen LogP contribution in [0.4, 0.5) is 0 Å². The zero-order valence-corrected chi connectivity index (χ0v) is 6.29. The van der Waals surface area contributed by atoms with E-state index in [1.807, 2.05) is 0 Å². The average Bonchev–Trinajstić information content (AvgIpc) is 1.64. The molecule has 8 heavy (non-hydrogen) atoms. The summed E-state index contributed by atoms with van der Waals surface area (Å²) in [4.78, 5) is 6.62. The summed E-state index contributed by atoms with van der Waals surface area (Å²) in [6.07, 6.45) is 1.64. The van der Waals surface area contributed by atoms with E-state index >= 15 is 0 Å². The molecule has 0 unspecified atom stereocenters. The van der Waals surface area contributed by atoms with Gasteiger partial charge in [-0.15, -0.1) is 0 Å². The van der Waals surface area contributed by atoms with Crippen molar-refractivity contribution in [2.75, 3.05) is 0 Å². The number of H-pyrrole nitrogens is 1. The molecule has 0 saturated carbocycles. The Kier molecular flexibility index (Phi) is 1.75. The molecule has 2 nitrogen and oxygen atoms in total. The molecular formula is C4H3BrN2S. The van der Waals surface area contributed by atoms with E-state index in [0.29, 0.717) is 9.37 Å². The largest absolute Gasteiger partial charge is 0.325 e. The Morgan fingerprint density at radius 1 is 1.75 bits per heavy atom. The van der Waals surface area contributed by atoms with Crippen LogP contribution in [0.15, 0.2) is 17.0 Å². The van der Waals surface area contributed by atoms with Crippen LogP contribution >= 0.6 is 28.1 Å². The fraction of sp³-hybridized carbons (Fsp3) is 0. The molecule has 1 aromatic heterocycles. The van der Waals surface area contributed by atoms with E-state index in [1.165, 1.54) is 0 Å². The zero-order valence-electron chi connectivity index (χ0n) is 3.89. The highest BCUT2D eigenvalue weighted by molar-refractivity contribution is 9.10. The van der Waals surface area contributed by atoms with Crippen molar-refractivity contribution in [3.63, 3.8) is 0 Å². The SMILES string of the molecule is S=c1ccnc(Br)[nH]1. The minimum absolute atomic E-state index is 0.671. The van der Waals surface area contributed by atoms with Gasteiger partial charge in [0.15, 0.2) is 4.73 Å². The van der Waals surface area contributed by atoms with Crippen LogP contribution in [0.5, 0.6) is 0 Å². The summed E-state index contributed by atoms with van der Waals surface area (Å²) in [7, 11) is 0. The van der Waals surface area contributed by atoms with Gasteiger partial charge in [0.25, 0.3) is 0 Å². The van der Waals surface area contributed by atoms with E-state index in [2.05, 4.69) is 25.9 Å². The van der Waals surface area contributed by atoms with Gasteiger partial charge in [0.05, 0.1) is 0 Å². The first-order valence-electron chi connectivity index (χ1n) is 2.00. The van der Waals surface area contributed by atoms with Gasteiger partial charge in [-0.25, -0.2) is 4.98 Å². The Bertz CT molecular complexity index is 231. The summed E-state index contributed by atoms with van der Waals surface area (Å²) in [6.45, 7) is 0. The lowest BCUT2D eigenvalue weighted by atomic mass is 10.7. The number of rotatable bonds is 0. The van der Waals surface area contributed by atoms with Crippen LogP contribution in [0.25, 0.3) is 0 Å². The van der Waals surface area contributed by atoms with E-state index in [1.54, 1.807) is 12.3 Å². The maximum absolute atomic E-state index is 4.77. The number of aromatic nitrogens is 2. The monoisotopic (exact) mass is 190 g/mol. The second-order valence-corrected chi connectivity index (χ2v) is 2.42. The van der Waals surface area contributed by atoms with E-state index in [9.17, 15) is 0 Å². The Hall–Kier alpha value is -0.220. The molecule has 1 N–H and O–H groups in total. The van der Waals surface area contributed by atoms with Crippen LogP contribution in [0.2, 0.25) is 0 Å². The van der Waals surface area contributed by atoms with Gasteiger partial charge in [0.2, 0.25) is 0 Å². The average molecular weight is 191 g/mol. The van der Waals surface area contributed by atoms with Gasteiger partial charge in [0, 0.05) is 6.20 Å². The van der Waals surface area contributed by atoms with E-state index in [4.69, 9.17) is 12.2 Å². The van der Waals surface area contributed by atoms with E-state index < -0.39 is 0 Å². The van der Waals surface area contributed by atoms with Crippen molar-refractivity contribution in [1.29, 1.82) is 0 Å². The zero-order chi connectivity index (χ0) is 5.98. The summed E-state index contributed by atoms with van der Waals surface area (Å²) in [5.41, 5.74) is 0. The number of aromatic amines is 1. The van der Waals surface area contributed by atoms with Crippen LogP contribution < -0.4 is 0 Å². The van der Waals surface area contributed by atoms with Crippen LogP contribution in [0, 0.1) is 4.64 Å². The van der Waals surface area contributed by atoms with Crippen molar-refractivity contribution in [3.8, 4) is 0 Å². The Morgan fingerprint density at radius 3 is 2.88 bits per heavy atom. The number of nitrogens with zero attached hydrogens (tertiary/aromatic N) is 1. The molecule has 0 amide bonds. The van der Waals surface area contributed by atoms with Crippen molar-refractivity contribution in [2.24, 2.45) is 0 Å². The third-order valence-electron chi connectivity index (χ3n) is 0.640. The minimum Gasteiger partial charge on any atom is -0.325 e. The first kappa shape index (κ1) is 5.91. The summed E-state index contributed by atoms with van der Waals surface area (Å²) in [5.74, 6) is 0. The smallest absolute Gasteiger partial charge is 0.175 e. The number of hydrogen-bond donors (Lipinski definition) is 1. The molecule has 1 aromatic rings. The molecule has 0 aliphatic rings. The van der Waals surface area contributed by atoms with Gasteiger partial charge in [0.1, 0.15) is 4.64 Å². The van der Waals surface area contributed by atoms with E-state index in [-0.39, 0.29) is 0 Å². The van der Waals surface area contributed by atoms with Crippen molar-refractivity contribution in [1.82, 2.24) is 9.97 Å². The molecule has 0 atom stereocenters. The van der Waals surface area contributed by atoms with Gasteiger partial charge < -0.3 is 4.98 Å². The second kappa shape index (κ2) is 2.37. The lowest BCUT2D eigenvalue weighted by Crippen LogP contribution is -1.77. The van der Waals surface area contributed by atoms with Crippen LogP contribution in [-0.4, -0.2) is 9.97 Å². The fourth-order valence-electron chi connectivity index (χ4n) is 0.346. The molecule has 0 aliphatic carbocycles. The van der Waals surface area contributed by atoms with Crippen molar-refractivity contribution < 1.29 is 0 Å². The Morgan fingerprint density at radius 2 is 2.50 bits per heavy atom. The van der Waals surface area contributed by atoms with Gasteiger partial charge >= 0.3 is 0 Å². The van der Waals surface area contributed by atoms with Gasteiger partial charge in [-0.05, 0) is 22.0 Å². The predicted octanol–water partition coefficient (Wildman–Crippen LogP) is 1.90. The number of halogens is 1. The molecule has 0 aromatic carbocycles. The third-order valence-corrected chi connectivity index (χ3v) is 1.28. The van der Waals surface area contributed by atoms with Gasteiger partial charge in [-0.2, -0.15) is 0 Å². The summed E-state index contributed by atoms with van der Waals surface area (Å²) < 4.78 is 1.36. The number of hydrogen-bond acceptors (Lipinski definition) is 2. The fourth-order valence-corrected chi connectivity index (χ4v) is 0.967. The molecule has 1 heterocycles. The molecule has 0 bridgehead atoms. The molecule has 42 valence electrons. The topological polar surface area (TPSA) is 28.7 Å². The maximum Gasteiger partial charge on any atom is 0.175 e. The molecule has 0 saturated heterocycles. The highest BCUT2D eigenvalue weighted by Gasteiger charge is 1.79. The normalized spacial score (nSPS) is 9.12. The summed E-state index contributed by atoms with van der Waals surface area (Å²) in [5, 5.41) is 0. The molecule has 0 aliphatic heterocycles. The predicted molar refractivity (Wildman–Crippen MR) is 37.1 cm³/mol. The van der Waals surface area contributed by atoms with Crippen LogP contribution in [0.3, 0.4) is 0 Å². The van der Waals surface area contributed by atoms with Gasteiger partial charge in [-0.1, -0.05) is 12.2 Å². The lowest BCUT2D eigenvalue weighted by Gasteiger charge is -1.84. The highest BCUT2D eigenvalue weighted by Crippen LogP contribution is 1.96. The summed E-state index contributed by atoms with van der Waals surface area (Å²) in [6, 6.07) is 1.72. The molecule has 0 radical (unpaired) electrons. The Labute approximate surface area is 60.1 Å².